The van der Waals surface area contributed by atoms with Crippen molar-refractivity contribution in [2.24, 2.45) is 17.8 Å². The van der Waals surface area contributed by atoms with Gasteiger partial charge in [-0.25, -0.2) is 0 Å². The number of carbonyl (C=O) groups is 3. The lowest BCUT2D eigenvalue weighted by atomic mass is 9.97. The predicted molar refractivity (Wildman–Crippen MR) is 87.8 cm³/mol. The number of carboxylic acids is 1. The van der Waals surface area contributed by atoms with Crippen molar-refractivity contribution in [1.29, 1.82) is 0 Å². The molecule has 0 radical (unpaired) electrons. The molecule has 1 saturated carbocycles. The topological polar surface area (TPSA) is 95.5 Å². The first-order valence-electron chi connectivity index (χ1n) is 8.64. The van der Waals surface area contributed by atoms with Gasteiger partial charge in [0.1, 0.15) is 0 Å². The molecule has 6 nitrogen and oxygen atoms in total. The Morgan fingerprint density at radius 3 is 2.30 bits per heavy atom. The van der Waals surface area contributed by atoms with Crippen LogP contribution in [0.4, 0.5) is 0 Å². The van der Waals surface area contributed by atoms with Crippen LogP contribution < -0.4 is 10.6 Å². The number of hydrogen-bond donors (Lipinski definition) is 3. The van der Waals surface area contributed by atoms with Gasteiger partial charge in [-0.3, -0.25) is 14.4 Å². The van der Waals surface area contributed by atoms with Crippen LogP contribution in [0, 0.1) is 17.8 Å². The van der Waals surface area contributed by atoms with Gasteiger partial charge in [-0.2, -0.15) is 0 Å². The second-order valence-electron chi connectivity index (χ2n) is 6.93. The third kappa shape index (κ3) is 8.57. The van der Waals surface area contributed by atoms with E-state index in [1.54, 1.807) is 0 Å². The van der Waals surface area contributed by atoms with Crippen LogP contribution in [0.3, 0.4) is 0 Å². The van der Waals surface area contributed by atoms with Crippen LogP contribution in [0.15, 0.2) is 0 Å². The normalized spacial score (nSPS) is 16.3. The quantitative estimate of drug-likeness (QED) is 0.571. The van der Waals surface area contributed by atoms with Crippen molar-refractivity contribution >= 4 is 17.8 Å². The molecule has 23 heavy (non-hydrogen) atoms. The molecule has 1 rings (SSSR count). The molecule has 1 atom stereocenters. The largest absolute Gasteiger partial charge is 0.481 e. The third-order valence-electron chi connectivity index (χ3n) is 4.35. The van der Waals surface area contributed by atoms with Gasteiger partial charge in [-0.15, -0.1) is 0 Å². The van der Waals surface area contributed by atoms with Crippen molar-refractivity contribution in [3.63, 3.8) is 0 Å². The highest BCUT2D eigenvalue weighted by molar-refractivity contribution is 5.84. The summed E-state index contributed by atoms with van der Waals surface area (Å²) >= 11 is 0. The van der Waals surface area contributed by atoms with Gasteiger partial charge in [0.25, 0.3) is 0 Å². The molecule has 0 spiro atoms. The number of rotatable bonds is 10. The fourth-order valence-electron chi connectivity index (χ4n) is 3.04. The number of hydrogen-bond acceptors (Lipinski definition) is 3. The van der Waals surface area contributed by atoms with Gasteiger partial charge in [0, 0.05) is 13.0 Å². The summed E-state index contributed by atoms with van der Waals surface area (Å²) in [5, 5.41) is 14.3. The summed E-state index contributed by atoms with van der Waals surface area (Å²) < 4.78 is 0. The fraction of sp³-hybridized carbons (Fsp3) is 0.824. The zero-order valence-electron chi connectivity index (χ0n) is 14.3. The van der Waals surface area contributed by atoms with Gasteiger partial charge in [0.2, 0.25) is 11.8 Å². The molecular weight excluding hydrogens is 296 g/mol. The molecule has 132 valence electrons. The van der Waals surface area contributed by atoms with Crippen molar-refractivity contribution in [3.05, 3.63) is 0 Å². The molecule has 2 amide bonds. The van der Waals surface area contributed by atoms with Crippen LogP contribution in [0.25, 0.3) is 0 Å². The first-order chi connectivity index (χ1) is 10.9. The maximum absolute atomic E-state index is 11.7. The zero-order chi connectivity index (χ0) is 17.2. The number of nitrogens with one attached hydrogen (secondary N) is 2. The highest BCUT2D eigenvalue weighted by Gasteiger charge is 2.20. The summed E-state index contributed by atoms with van der Waals surface area (Å²) in [6, 6.07) is 0. The molecule has 0 aliphatic heterocycles. The van der Waals surface area contributed by atoms with E-state index in [0.717, 1.165) is 6.42 Å². The van der Waals surface area contributed by atoms with E-state index < -0.39 is 11.9 Å². The summed E-state index contributed by atoms with van der Waals surface area (Å²) in [5.74, 6) is -1.03. The monoisotopic (exact) mass is 326 g/mol. The lowest BCUT2D eigenvalue weighted by Crippen LogP contribution is -2.40. The van der Waals surface area contributed by atoms with Gasteiger partial charge in [-0.05, 0) is 24.7 Å². The minimum Gasteiger partial charge on any atom is -0.481 e. The van der Waals surface area contributed by atoms with Crippen molar-refractivity contribution in [1.82, 2.24) is 10.6 Å². The van der Waals surface area contributed by atoms with E-state index in [0.29, 0.717) is 18.8 Å². The van der Waals surface area contributed by atoms with E-state index in [1.807, 2.05) is 13.8 Å². The first-order valence-corrected chi connectivity index (χ1v) is 8.64. The van der Waals surface area contributed by atoms with Crippen LogP contribution >= 0.6 is 0 Å². The van der Waals surface area contributed by atoms with Crippen molar-refractivity contribution in [2.75, 3.05) is 13.1 Å². The minimum atomic E-state index is -0.903. The van der Waals surface area contributed by atoms with E-state index >= 15 is 0 Å². The smallest absolute Gasteiger partial charge is 0.308 e. The number of carboxylic acid groups (broad SMARTS) is 1. The molecule has 0 aromatic heterocycles. The van der Waals surface area contributed by atoms with Crippen LogP contribution in [0.5, 0.6) is 0 Å². The summed E-state index contributed by atoms with van der Waals surface area (Å²) in [4.78, 5) is 34.5. The molecular formula is C17H30N2O4. The molecule has 0 aromatic rings. The predicted octanol–water partition coefficient (Wildman–Crippen LogP) is 1.94. The Labute approximate surface area is 138 Å². The minimum absolute atomic E-state index is 0.0858. The maximum Gasteiger partial charge on any atom is 0.308 e. The number of amides is 2. The van der Waals surface area contributed by atoms with Crippen molar-refractivity contribution in [3.8, 4) is 0 Å². The van der Waals surface area contributed by atoms with Crippen LogP contribution in [0.1, 0.15) is 58.8 Å². The standard InChI is InChI=1S/C17H30N2O4/c1-12(2)9-14(17(22)23)10-18-16(21)11-19-15(20)8-7-13-5-3-4-6-13/h12-14H,3-11H2,1-2H3,(H,18,21)(H,19,20)(H,22,23). The van der Waals surface area contributed by atoms with Gasteiger partial charge in [0.05, 0.1) is 12.5 Å². The van der Waals surface area contributed by atoms with Crippen LogP contribution in [0.2, 0.25) is 0 Å². The molecule has 1 unspecified atom stereocenters. The maximum atomic E-state index is 11.7. The molecule has 0 saturated heterocycles. The Morgan fingerprint density at radius 1 is 1.09 bits per heavy atom. The molecule has 3 N–H and O–H groups in total. The number of carbonyl (C=O) groups excluding carboxylic acids is 2. The van der Waals surface area contributed by atoms with E-state index in [1.165, 1.54) is 25.7 Å². The first kappa shape index (κ1) is 19.5. The molecule has 1 aliphatic carbocycles. The molecule has 0 bridgehead atoms. The molecule has 1 aliphatic rings. The summed E-state index contributed by atoms with van der Waals surface area (Å²) in [5.41, 5.74) is 0. The van der Waals surface area contributed by atoms with Crippen molar-refractivity contribution < 1.29 is 19.5 Å². The SMILES string of the molecule is CC(C)CC(CNC(=O)CNC(=O)CCC1CCCC1)C(=O)O. The highest BCUT2D eigenvalue weighted by Crippen LogP contribution is 2.28. The molecule has 0 aromatic carbocycles. The van der Waals surface area contributed by atoms with E-state index in [2.05, 4.69) is 10.6 Å². The lowest BCUT2D eigenvalue weighted by Gasteiger charge is -2.15. The Hall–Kier alpha value is -1.59. The van der Waals surface area contributed by atoms with E-state index in [-0.39, 0.29) is 30.8 Å². The second-order valence-corrected chi connectivity index (χ2v) is 6.93. The Kier molecular flexibility index (Phi) is 8.66. The average molecular weight is 326 g/mol. The van der Waals surface area contributed by atoms with Gasteiger partial charge in [-0.1, -0.05) is 39.5 Å². The zero-order valence-corrected chi connectivity index (χ0v) is 14.3. The third-order valence-corrected chi connectivity index (χ3v) is 4.35. The molecule has 0 heterocycles. The second kappa shape index (κ2) is 10.2. The Balaban J connectivity index is 2.16. The fourth-order valence-corrected chi connectivity index (χ4v) is 3.04. The summed E-state index contributed by atoms with van der Waals surface area (Å²) in [6.45, 7) is 3.91. The van der Waals surface area contributed by atoms with Gasteiger partial charge < -0.3 is 15.7 Å². The Morgan fingerprint density at radius 2 is 1.74 bits per heavy atom. The summed E-state index contributed by atoms with van der Waals surface area (Å²) in [6.07, 6.45) is 6.81. The van der Waals surface area contributed by atoms with Gasteiger partial charge in [0.15, 0.2) is 0 Å². The average Bonchev–Trinajstić information content (AvgIpc) is 3.00. The Bertz CT molecular complexity index is 403. The van der Waals surface area contributed by atoms with Crippen LogP contribution in [-0.4, -0.2) is 36.0 Å². The summed E-state index contributed by atoms with van der Waals surface area (Å²) in [7, 11) is 0. The van der Waals surface area contributed by atoms with E-state index in [9.17, 15) is 14.4 Å². The van der Waals surface area contributed by atoms with Crippen molar-refractivity contribution in [2.45, 2.75) is 58.8 Å². The molecule has 1 fully saturated rings. The lowest BCUT2D eigenvalue weighted by molar-refractivity contribution is -0.142. The molecule has 6 heteroatoms. The van der Waals surface area contributed by atoms with Gasteiger partial charge >= 0.3 is 5.97 Å². The van der Waals surface area contributed by atoms with E-state index in [4.69, 9.17) is 5.11 Å². The van der Waals surface area contributed by atoms with Crippen LogP contribution in [-0.2, 0) is 14.4 Å². The number of aliphatic carboxylic acids is 1. The highest BCUT2D eigenvalue weighted by atomic mass is 16.4.